The summed E-state index contributed by atoms with van der Waals surface area (Å²) in [4.78, 5) is 12.1. The second-order valence-electron chi connectivity index (χ2n) is 8.37. The highest BCUT2D eigenvalue weighted by Gasteiger charge is 2.23. The van der Waals surface area contributed by atoms with E-state index in [0.717, 1.165) is 11.6 Å². The van der Waals surface area contributed by atoms with E-state index in [-0.39, 0.29) is 50.4 Å². The molecule has 0 saturated carbocycles. The molecule has 1 N–H and O–H groups in total. The summed E-state index contributed by atoms with van der Waals surface area (Å²) in [6.45, 7) is 7.76. The van der Waals surface area contributed by atoms with Gasteiger partial charge in [0.05, 0.1) is 15.6 Å². The van der Waals surface area contributed by atoms with Crippen LogP contribution in [0.15, 0.2) is 41.3 Å². The molecular weight excluding hydrogens is 455 g/mol. The zero-order valence-electron chi connectivity index (χ0n) is 18.4. The molecule has 0 bridgehead atoms. The van der Waals surface area contributed by atoms with E-state index in [1.807, 2.05) is 20.8 Å². The Kier molecular flexibility index (Phi) is 6.44. The van der Waals surface area contributed by atoms with Gasteiger partial charge in [-0.15, -0.1) is 10.2 Å². The average Bonchev–Trinajstić information content (AvgIpc) is 3.10. The van der Waals surface area contributed by atoms with Gasteiger partial charge in [-0.25, -0.2) is 12.8 Å². The minimum Gasteiger partial charge on any atom is -0.308 e. The van der Waals surface area contributed by atoms with Crippen molar-refractivity contribution in [3.63, 3.8) is 0 Å². The van der Waals surface area contributed by atoms with E-state index in [4.69, 9.17) is 11.6 Å². The van der Waals surface area contributed by atoms with Gasteiger partial charge in [0.15, 0.2) is 17.4 Å². The molecule has 2 aromatic carbocycles. The highest BCUT2D eigenvalue weighted by molar-refractivity contribution is 7.92. The minimum absolute atomic E-state index is 0.0200. The Labute approximate surface area is 191 Å². The van der Waals surface area contributed by atoms with Crippen molar-refractivity contribution in [3.8, 4) is 11.4 Å². The molecule has 0 saturated heterocycles. The first-order chi connectivity index (χ1) is 14.8. The smallest absolute Gasteiger partial charge is 0.261 e. The third-order valence-corrected chi connectivity index (χ3v) is 6.69. The van der Waals surface area contributed by atoms with Crippen LogP contribution in [0.3, 0.4) is 0 Å². The summed E-state index contributed by atoms with van der Waals surface area (Å²) in [7, 11) is -2.48. The highest BCUT2D eigenvalue weighted by atomic mass is 35.5. The summed E-state index contributed by atoms with van der Waals surface area (Å²) in [5, 5.41) is 7.68. The second-order valence-corrected chi connectivity index (χ2v) is 10.5. The molecule has 0 aliphatic carbocycles. The van der Waals surface area contributed by atoms with E-state index >= 15 is 0 Å². The van der Waals surface area contributed by atoms with Gasteiger partial charge in [-0.3, -0.25) is 9.52 Å². The van der Waals surface area contributed by atoms with Crippen LogP contribution in [0.4, 0.5) is 10.1 Å². The van der Waals surface area contributed by atoms with Gasteiger partial charge in [0.1, 0.15) is 5.82 Å². The second kappa shape index (κ2) is 8.63. The number of Topliss-reactive ketones (excluding diaryl/α,β-unsaturated/α-hetero) is 1. The lowest BCUT2D eigenvalue weighted by Crippen LogP contribution is -2.16. The van der Waals surface area contributed by atoms with Gasteiger partial charge < -0.3 is 4.57 Å². The number of benzene rings is 2. The number of rotatable bonds is 6. The number of nitrogens with zero attached hydrogens (tertiary/aromatic N) is 3. The molecule has 0 amide bonds. The molecular formula is C22H24ClFN4O3S. The van der Waals surface area contributed by atoms with Crippen molar-refractivity contribution in [1.82, 2.24) is 14.8 Å². The van der Waals surface area contributed by atoms with Gasteiger partial charge in [0, 0.05) is 25.1 Å². The molecule has 10 heteroatoms. The standard InChI is InChI=1S/C22H24ClFN4O3S/c1-6-19(29)21-26-25-20(28(21)5)15-11-16(23)17(24)12-18(15)27-32(30,31)14-9-7-13(8-10-14)22(2,3)4/h7-12,27H,6H2,1-5H3. The molecule has 0 fully saturated rings. The number of hydrogen-bond donors (Lipinski definition) is 1. The maximum absolute atomic E-state index is 14.3. The zero-order chi connectivity index (χ0) is 23.8. The van der Waals surface area contributed by atoms with Crippen molar-refractivity contribution in [3.05, 3.63) is 58.6 Å². The third kappa shape index (κ3) is 4.68. The monoisotopic (exact) mass is 478 g/mol. The van der Waals surface area contributed by atoms with E-state index < -0.39 is 15.8 Å². The van der Waals surface area contributed by atoms with Crippen LogP contribution < -0.4 is 4.72 Å². The lowest BCUT2D eigenvalue weighted by atomic mass is 9.87. The predicted octanol–water partition coefficient (Wildman–Crippen LogP) is 4.97. The summed E-state index contributed by atoms with van der Waals surface area (Å²) in [6.07, 6.45) is 0.222. The number of carbonyl (C=O) groups excluding carboxylic acids is 1. The first-order valence-electron chi connectivity index (χ1n) is 9.90. The predicted molar refractivity (Wildman–Crippen MR) is 122 cm³/mol. The van der Waals surface area contributed by atoms with Crippen molar-refractivity contribution in [2.24, 2.45) is 7.05 Å². The Balaban J connectivity index is 2.06. The molecule has 0 radical (unpaired) electrons. The maximum atomic E-state index is 14.3. The Morgan fingerprint density at radius 2 is 1.78 bits per heavy atom. The molecule has 0 aliphatic heterocycles. The maximum Gasteiger partial charge on any atom is 0.261 e. The Morgan fingerprint density at radius 3 is 2.34 bits per heavy atom. The van der Waals surface area contributed by atoms with E-state index in [2.05, 4.69) is 14.9 Å². The fraction of sp³-hybridized carbons (Fsp3) is 0.318. The van der Waals surface area contributed by atoms with E-state index in [0.29, 0.717) is 0 Å². The van der Waals surface area contributed by atoms with Crippen LogP contribution in [-0.2, 0) is 22.5 Å². The number of sulfonamides is 1. The molecule has 3 rings (SSSR count). The van der Waals surface area contributed by atoms with Crippen LogP contribution in [0, 0.1) is 5.82 Å². The molecule has 0 aliphatic rings. The van der Waals surface area contributed by atoms with Crippen LogP contribution in [0.5, 0.6) is 0 Å². The fourth-order valence-electron chi connectivity index (χ4n) is 3.12. The molecule has 1 aromatic heterocycles. The minimum atomic E-state index is -4.05. The molecule has 3 aromatic rings. The van der Waals surface area contributed by atoms with Gasteiger partial charge >= 0.3 is 0 Å². The van der Waals surface area contributed by atoms with Crippen molar-refractivity contribution in [2.45, 2.75) is 44.4 Å². The lowest BCUT2D eigenvalue weighted by Gasteiger charge is -2.19. The Bertz CT molecular complexity index is 1280. The van der Waals surface area contributed by atoms with E-state index in [1.165, 1.54) is 22.8 Å². The largest absolute Gasteiger partial charge is 0.308 e. The number of nitrogens with one attached hydrogen (secondary N) is 1. The average molecular weight is 479 g/mol. The third-order valence-electron chi connectivity index (χ3n) is 5.02. The molecule has 32 heavy (non-hydrogen) atoms. The van der Waals surface area contributed by atoms with Crippen molar-refractivity contribution in [1.29, 1.82) is 0 Å². The summed E-state index contributed by atoms with van der Waals surface area (Å²) in [6, 6.07) is 8.70. The quantitative estimate of drug-likeness (QED) is 0.505. The molecule has 0 spiro atoms. The van der Waals surface area contributed by atoms with Gasteiger partial charge in [-0.05, 0) is 29.2 Å². The first-order valence-corrected chi connectivity index (χ1v) is 11.8. The summed E-state index contributed by atoms with van der Waals surface area (Å²) < 4.78 is 44.1. The summed E-state index contributed by atoms with van der Waals surface area (Å²) >= 11 is 5.96. The number of anilines is 1. The first kappa shape index (κ1) is 23.9. The van der Waals surface area contributed by atoms with Crippen molar-refractivity contribution in [2.75, 3.05) is 4.72 Å². The van der Waals surface area contributed by atoms with Crippen LogP contribution in [0.25, 0.3) is 11.4 Å². The highest BCUT2D eigenvalue weighted by Crippen LogP contribution is 2.34. The number of aromatic nitrogens is 3. The van der Waals surface area contributed by atoms with E-state index in [1.54, 1.807) is 26.1 Å². The molecule has 7 nitrogen and oxygen atoms in total. The Hall–Kier alpha value is -2.78. The number of halogens is 2. The van der Waals surface area contributed by atoms with E-state index in [9.17, 15) is 17.6 Å². The fourth-order valence-corrected chi connectivity index (χ4v) is 4.35. The van der Waals surface area contributed by atoms with Crippen LogP contribution in [-0.4, -0.2) is 29.0 Å². The SMILES string of the molecule is CCC(=O)c1nnc(-c2cc(Cl)c(F)cc2NS(=O)(=O)c2ccc(C(C)(C)C)cc2)n1C. The molecule has 0 unspecified atom stereocenters. The van der Waals surface area contributed by atoms with Gasteiger partial charge in [0.25, 0.3) is 10.0 Å². The van der Waals surface area contributed by atoms with Gasteiger partial charge in [0.2, 0.25) is 0 Å². The number of hydrogen-bond acceptors (Lipinski definition) is 5. The lowest BCUT2D eigenvalue weighted by molar-refractivity contribution is 0.0975. The summed E-state index contributed by atoms with van der Waals surface area (Å²) in [5.41, 5.74) is 0.956. The van der Waals surface area contributed by atoms with Gasteiger partial charge in [-0.1, -0.05) is 51.4 Å². The van der Waals surface area contributed by atoms with Crippen LogP contribution in [0.2, 0.25) is 5.02 Å². The van der Waals surface area contributed by atoms with Crippen molar-refractivity contribution < 1.29 is 17.6 Å². The topological polar surface area (TPSA) is 94.0 Å². The van der Waals surface area contributed by atoms with Gasteiger partial charge in [-0.2, -0.15) is 0 Å². The molecule has 1 heterocycles. The van der Waals surface area contributed by atoms with Crippen LogP contribution >= 0.6 is 11.6 Å². The molecule has 170 valence electrons. The number of carbonyl (C=O) groups is 1. The Morgan fingerprint density at radius 1 is 1.16 bits per heavy atom. The zero-order valence-corrected chi connectivity index (χ0v) is 20.0. The molecule has 0 atom stereocenters. The summed E-state index contributed by atoms with van der Waals surface area (Å²) in [5.74, 6) is -0.761. The van der Waals surface area contributed by atoms with Crippen molar-refractivity contribution >= 4 is 33.1 Å². The number of ketones is 1. The van der Waals surface area contributed by atoms with Crippen LogP contribution in [0.1, 0.15) is 50.3 Å². The normalized spacial score (nSPS) is 12.1.